The van der Waals surface area contributed by atoms with Crippen LogP contribution in [-0.2, 0) is 9.53 Å². The van der Waals surface area contributed by atoms with Gasteiger partial charge in [0.2, 0.25) is 5.91 Å². The Morgan fingerprint density at radius 1 is 1.33 bits per heavy atom. The highest BCUT2D eigenvalue weighted by molar-refractivity contribution is 5.73. The van der Waals surface area contributed by atoms with Gasteiger partial charge in [-0.3, -0.25) is 4.79 Å². The summed E-state index contributed by atoms with van der Waals surface area (Å²) in [6, 6.07) is 0. The number of nitrogens with two attached hydrogens (primary N) is 1. The van der Waals surface area contributed by atoms with E-state index in [1.807, 2.05) is 12.2 Å². The zero-order valence-corrected chi connectivity index (χ0v) is 9.08. The van der Waals surface area contributed by atoms with Gasteiger partial charge in [-0.05, 0) is 12.8 Å². The van der Waals surface area contributed by atoms with Crippen LogP contribution in [0, 0.1) is 0 Å². The molecule has 0 aliphatic rings. The van der Waals surface area contributed by atoms with Gasteiger partial charge in [-0.2, -0.15) is 0 Å². The van der Waals surface area contributed by atoms with Crippen molar-refractivity contribution in [2.45, 2.75) is 19.3 Å². The summed E-state index contributed by atoms with van der Waals surface area (Å²) in [6.45, 7) is 8.49. The summed E-state index contributed by atoms with van der Waals surface area (Å²) in [5.74, 6) is -0.326. The van der Waals surface area contributed by atoms with E-state index >= 15 is 0 Å². The van der Waals surface area contributed by atoms with Gasteiger partial charge in [0.1, 0.15) is 0 Å². The van der Waals surface area contributed by atoms with Crippen molar-refractivity contribution in [2.75, 3.05) is 13.2 Å². The lowest BCUT2D eigenvalue weighted by Crippen LogP contribution is -2.13. The fraction of sp³-hybridized carbons (Fsp3) is 0.417. The highest BCUT2D eigenvalue weighted by Crippen LogP contribution is 2.04. The summed E-state index contributed by atoms with van der Waals surface area (Å²) in [4.78, 5) is 10.4. The zero-order valence-electron chi connectivity index (χ0n) is 9.08. The normalized spacial score (nSPS) is 10.4. The minimum Gasteiger partial charge on any atom is -0.381 e. The van der Waals surface area contributed by atoms with Crippen LogP contribution in [0.25, 0.3) is 0 Å². The van der Waals surface area contributed by atoms with E-state index in [1.165, 1.54) is 0 Å². The zero-order chi connectivity index (χ0) is 11.5. The van der Waals surface area contributed by atoms with Crippen molar-refractivity contribution >= 4 is 5.91 Å². The van der Waals surface area contributed by atoms with E-state index in [0.717, 1.165) is 18.4 Å². The molecule has 0 heterocycles. The molecular formula is C12H19NO2. The summed E-state index contributed by atoms with van der Waals surface area (Å²) in [5, 5.41) is 0. The second-order valence-electron chi connectivity index (χ2n) is 3.19. The van der Waals surface area contributed by atoms with Crippen LogP contribution >= 0.6 is 0 Å². The molecule has 0 fully saturated rings. The van der Waals surface area contributed by atoms with Gasteiger partial charge in [0.25, 0.3) is 0 Å². The average Bonchev–Trinajstić information content (AvgIpc) is 2.19. The van der Waals surface area contributed by atoms with Crippen LogP contribution in [0.2, 0.25) is 0 Å². The lowest BCUT2D eigenvalue weighted by atomic mass is 10.1. The van der Waals surface area contributed by atoms with Crippen molar-refractivity contribution in [1.82, 2.24) is 0 Å². The maximum Gasteiger partial charge on any atom is 0.219 e. The molecule has 0 aliphatic heterocycles. The third-order valence-electron chi connectivity index (χ3n) is 1.75. The minimum absolute atomic E-state index is 0.289. The average molecular weight is 209 g/mol. The first kappa shape index (κ1) is 13.7. The summed E-state index contributed by atoms with van der Waals surface area (Å²) >= 11 is 0. The van der Waals surface area contributed by atoms with Gasteiger partial charge in [0.15, 0.2) is 0 Å². The van der Waals surface area contributed by atoms with Crippen LogP contribution in [0.15, 0.2) is 37.0 Å². The highest BCUT2D eigenvalue weighted by atomic mass is 16.5. The topological polar surface area (TPSA) is 52.3 Å². The maximum atomic E-state index is 10.4. The van der Waals surface area contributed by atoms with Gasteiger partial charge in [-0.15, -0.1) is 0 Å². The van der Waals surface area contributed by atoms with E-state index < -0.39 is 0 Å². The number of hydrogen-bond acceptors (Lipinski definition) is 2. The molecule has 0 unspecified atom stereocenters. The smallest absolute Gasteiger partial charge is 0.219 e. The molecule has 1 amide bonds. The van der Waals surface area contributed by atoms with Crippen LogP contribution in [-0.4, -0.2) is 19.1 Å². The number of ether oxygens (including phenoxy) is 1. The summed E-state index contributed by atoms with van der Waals surface area (Å²) < 4.78 is 5.21. The van der Waals surface area contributed by atoms with Crippen LogP contribution in [0.3, 0.4) is 0 Å². The van der Waals surface area contributed by atoms with Crippen molar-refractivity contribution in [3.05, 3.63) is 37.0 Å². The summed E-state index contributed by atoms with van der Waals surface area (Å²) in [7, 11) is 0. The van der Waals surface area contributed by atoms with E-state index in [1.54, 1.807) is 6.08 Å². The standard InChI is InChI=1S/C12H19NO2/c1-3-4-6-11(2)7-5-9-15-10-8-12(13)14/h3-4,6H,1-2,5,7-10H2,(H2,13,14)/b6-4-. The van der Waals surface area contributed by atoms with Crippen LogP contribution in [0.1, 0.15) is 19.3 Å². The van der Waals surface area contributed by atoms with Crippen LogP contribution < -0.4 is 5.73 Å². The Bertz CT molecular complexity index is 244. The van der Waals surface area contributed by atoms with Crippen molar-refractivity contribution in [1.29, 1.82) is 0 Å². The molecule has 0 rings (SSSR count). The highest BCUT2D eigenvalue weighted by Gasteiger charge is 1.94. The van der Waals surface area contributed by atoms with Gasteiger partial charge in [-0.25, -0.2) is 0 Å². The Hall–Kier alpha value is -1.35. The predicted octanol–water partition coefficient (Wildman–Crippen LogP) is 1.96. The molecule has 0 radical (unpaired) electrons. The van der Waals surface area contributed by atoms with Gasteiger partial charge in [0.05, 0.1) is 6.61 Å². The monoisotopic (exact) mass is 209 g/mol. The molecule has 15 heavy (non-hydrogen) atoms. The quantitative estimate of drug-likeness (QED) is 0.466. The Morgan fingerprint density at radius 3 is 2.67 bits per heavy atom. The fourth-order valence-electron chi connectivity index (χ4n) is 0.964. The molecule has 0 bridgehead atoms. The molecule has 84 valence electrons. The fourth-order valence-corrected chi connectivity index (χ4v) is 0.964. The van der Waals surface area contributed by atoms with Crippen LogP contribution in [0.4, 0.5) is 0 Å². The molecule has 0 aromatic carbocycles. The molecule has 3 heteroatoms. The second kappa shape index (κ2) is 9.21. The second-order valence-corrected chi connectivity index (χ2v) is 3.19. The number of rotatable bonds is 9. The van der Waals surface area contributed by atoms with E-state index in [9.17, 15) is 4.79 Å². The Kier molecular flexibility index (Phi) is 8.39. The molecule has 2 N–H and O–H groups in total. The number of amides is 1. The van der Waals surface area contributed by atoms with Gasteiger partial charge >= 0.3 is 0 Å². The lowest BCUT2D eigenvalue weighted by molar-refractivity contribution is -0.119. The molecular weight excluding hydrogens is 190 g/mol. The molecule has 0 atom stereocenters. The number of carbonyl (C=O) groups excluding carboxylic acids is 1. The first-order chi connectivity index (χ1) is 7.16. The third kappa shape index (κ3) is 10.6. The predicted molar refractivity (Wildman–Crippen MR) is 62.3 cm³/mol. The van der Waals surface area contributed by atoms with Crippen LogP contribution in [0.5, 0.6) is 0 Å². The SMILES string of the molecule is C=C/C=C\C(=C)CCCOCCC(N)=O. The molecule has 0 aliphatic carbocycles. The molecule has 3 nitrogen and oxygen atoms in total. The number of carbonyl (C=O) groups is 1. The van der Waals surface area contributed by atoms with E-state index in [-0.39, 0.29) is 12.3 Å². The molecule has 0 aromatic rings. The van der Waals surface area contributed by atoms with Crippen molar-refractivity contribution in [3.8, 4) is 0 Å². The number of primary amides is 1. The van der Waals surface area contributed by atoms with E-state index in [2.05, 4.69) is 13.2 Å². The molecule has 0 spiro atoms. The Balaban J connectivity index is 3.31. The van der Waals surface area contributed by atoms with Gasteiger partial charge in [-0.1, -0.05) is 37.0 Å². The van der Waals surface area contributed by atoms with Crippen molar-refractivity contribution in [3.63, 3.8) is 0 Å². The minimum atomic E-state index is -0.326. The first-order valence-corrected chi connectivity index (χ1v) is 4.99. The Morgan fingerprint density at radius 2 is 2.07 bits per heavy atom. The first-order valence-electron chi connectivity index (χ1n) is 4.99. The molecule has 0 saturated carbocycles. The van der Waals surface area contributed by atoms with E-state index in [4.69, 9.17) is 10.5 Å². The lowest BCUT2D eigenvalue weighted by Gasteiger charge is -2.02. The largest absolute Gasteiger partial charge is 0.381 e. The summed E-state index contributed by atoms with van der Waals surface area (Å²) in [6.07, 6.45) is 7.58. The molecule has 0 aromatic heterocycles. The Labute approximate surface area is 91.3 Å². The van der Waals surface area contributed by atoms with E-state index in [0.29, 0.717) is 13.2 Å². The van der Waals surface area contributed by atoms with Gasteiger partial charge < -0.3 is 10.5 Å². The summed E-state index contributed by atoms with van der Waals surface area (Å²) in [5.41, 5.74) is 6.01. The maximum absolute atomic E-state index is 10.4. The van der Waals surface area contributed by atoms with Gasteiger partial charge in [0, 0.05) is 13.0 Å². The third-order valence-corrected chi connectivity index (χ3v) is 1.75. The number of hydrogen-bond donors (Lipinski definition) is 1. The number of allylic oxidation sites excluding steroid dienone is 4. The van der Waals surface area contributed by atoms with Crippen molar-refractivity contribution in [2.24, 2.45) is 5.73 Å². The molecule has 0 saturated heterocycles. The van der Waals surface area contributed by atoms with Crippen molar-refractivity contribution < 1.29 is 9.53 Å².